The third-order valence-electron chi connectivity index (χ3n) is 4.16. The second-order valence-electron chi connectivity index (χ2n) is 6.61. The maximum absolute atomic E-state index is 12.5. The van der Waals surface area contributed by atoms with E-state index >= 15 is 0 Å². The molecule has 0 radical (unpaired) electrons. The number of hydrogen-bond acceptors (Lipinski definition) is 3. The van der Waals surface area contributed by atoms with E-state index in [1.54, 1.807) is 49.4 Å². The predicted octanol–water partition coefficient (Wildman–Crippen LogP) is 4.02. The van der Waals surface area contributed by atoms with E-state index in [1.165, 1.54) is 0 Å². The van der Waals surface area contributed by atoms with E-state index in [0.29, 0.717) is 16.8 Å². The molecule has 26 heavy (non-hydrogen) atoms. The monoisotopic (exact) mass is 374 g/mol. The van der Waals surface area contributed by atoms with Gasteiger partial charge in [-0.1, -0.05) is 31.0 Å². The van der Waals surface area contributed by atoms with Crippen LogP contribution in [0.2, 0.25) is 0 Å². The van der Waals surface area contributed by atoms with Crippen molar-refractivity contribution in [1.29, 1.82) is 0 Å². The second kappa shape index (κ2) is 8.36. The van der Waals surface area contributed by atoms with Gasteiger partial charge in [0.1, 0.15) is 0 Å². The molecule has 5 nitrogen and oxygen atoms in total. The SMILES string of the molecule is CCC[C@@H](C)NC(=O)c1ccc(NS(=O)(=O)c2ccc(C)cc2)c(C)c1. The van der Waals surface area contributed by atoms with Crippen LogP contribution in [0, 0.1) is 13.8 Å². The summed E-state index contributed by atoms with van der Waals surface area (Å²) in [6.07, 6.45) is 1.92. The van der Waals surface area contributed by atoms with E-state index < -0.39 is 10.0 Å². The quantitative estimate of drug-likeness (QED) is 0.768. The van der Waals surface area contributed by atoms with Gasteiger partial charge >= 0.3 is 0 Å². The molecule has 0 aliphatic carbocycles. The fraction of sp³-hybridized carbons (Fsp3) is 0.350. The van der Waals surface area contributed by atoms with Crippen molar-refractivity contribution in [3.8, 4) is 0 Å². The average molecular weight is 375 g/mol. The lowest BCUT2D eigenvalue weighted by molar-refractivity contribution is 0.0938. The van der Waals surface area contributed by atoms with Crippen molar-refractivity contribution >= 4 is 21.6 Å². The fourth-order valence-corrected chi connectivity index (χ4v) is 3.78. The third-order valence-corrected chi connectivity index (χ3v) is 5.54. The molecule has 1 atom stereocenters. The van der Waals surface area contributed by atoms with Crippen LogP contribution in [-0.2, 0) is 10.0 Å². The van der Waals surface area contributed by atoms with Crippen LogP contribution in [0.5, 0.6) is 0 Å². The molecule has 2 rings (SSSR count). The van der Waals surface area contributed by atoms with Crippen molar-refractivity contribution in [2.75, 3.05) is 4.72 Å². The maximum atomic E-state index is 12.5. The molecule has 2 aromatic rings. The molecule has 0 heterocycles. The van der Waals surface area contributed by atoms with E-state index in [2.05, 4.69) is 17.0 Å². The van der Waals surface area contributed by atoms with Gasteiger partial charge in [-0.3, -0.25) is 9.52 Å². The normalized spacial score (nSPS) is 12.5. The molecule has 2 aromatic carbocycles. The Kier molecular flexibility index (Phi) is 6.42. The minimum Gasteiger partial charge on any atom is -0.350 e. The number of nitrogens with one attached hydrogen (secondary N) is 2. The maximum Gasteiger partial charge on any atom is 0.261 e. The minimum atomic E-state index is -3.66. The van der Waals surface area contributed by atoms with Crippen molar-refractivity contribution in [2.45, 2.75) is 51.5 Å². The van der Waals surface area contributed by atoms with E-state index in [4.69, 9.17) is 0 Å². The first kappa shape index (κ1) is 20.0. The molecular weight excluding hydrogens is 348 g/mol. The van der Waals surface area contributed by atoms with Gasteiger partial charge in [-0.15, -0.1) is 0 Å². The topological polar surface area (TPSA) is 75.3 Å². The number of amides is 1. The zero-order chi connectivity index (χ0) is 19.3. The summed E-state index contributed by atoms with van der Waals surface area (Å²) in [5, 5.41) is 2.95. The summed E-state index contributed by atoms with van der Waals surface area (Å²) in [4.78, 5) is 12.5. The highest BCUT2D eigenvalue weighted by atomic mass is 32.2. The summed E-state index contributed by atoms with van der Waals surface area (Å²) in [7, 11) is -3.66. The van der Waals surface area contributed by atoms with E-state index in [9.17, 15) is 13.2 Å². The van der Waals surface area contributed by atoms with Gasteiger partial charge in [-0.25, -0.2) is 8.42 Å². The number of benzene rings is 2. The smallest absolute Gasteiger partial charge is 0.261 e. The Morgan fingerprint density at radius 3 is 2.31 bits per heavy atom. The summed E-state index contributed by atoms with van der Waals surface area (Å²) in [6.45, 7) is 7.72. The van der Waals surface area contributed by atoms with Gasteiger partial charge in [0.05, 0.1) is 10.6 Å². The number of rotatable bonds is 7. The number of hydrogen-bond donors (Lipinski definition) is 2. The number of aryl methyl sites for hydroxylation is 2. The van der Waals surface area contributed by atoms with Crippen LogP contribution < -0.4 is 10.0 Å². The van der Waals surface area contributed by atoms with Crippen molar-refractivity contribution < 1.29 is 13.2 Å². The Morgan fingerprint density at radius 1 is 1.08 bits per heavy atom. The van der Waals surface area contributed by atoms with Crippen LogP contribution in [0.25, 0.3) is 0 Å². The summed E-state index contributed by atoms with van der Waals surface area (Å²) >= 11 is 0. The van der Waals surface area contributed by atoms with E-state index in [0.717, 1.165) is 18.4 Å². The van der Waals surface area contributed by atoms with Crippen molar-refractivity contribution in [3.05, 3.63) is 59.2 Å². The molecule has 0 fully saturated rings. The molecule has 6 heteroatoms. The average Bonchev–Trinajstić information content (AvgIpc) is 2.57. The van der Waals surface area contributed by atoms with Gasteiger partial charge in [0, 0.05) is 11.6 Å². The lowest BCUT2D eigenvalue weighted by atomic mass is 10.1. The number of carbonyl (C=O) groups excluding carboxylic acids is 1. The van der Waals surface area contributed by atoms with Crippen LogP contribution in [0.1, 0.15) is 48.2 Å². The highest BCUT2D eigenvalue weighted by Gasteiger charge is 2.16. The lowest BCUT2D eigenvalue weighted by Gasteiger charge is -2.15. The number of anilines is 1. The highest BCUT2D eigenvalue weighted by molar-refractivity contribution is 7.92. The third kappa shape index (κ3) is 5.08. The molecule has 0 saturated heterocycles. The van der Waals surface area contributed by atoms with Crippen molar-refractivity contribution in [1.82, 2.24) is 5.32 Å². The molecule has 0 saturated carbocycles. The van der Waals surface area contributed by atoms with Crippen LogP contribution in [0.15, 0.2) is 47.4 Å². The predicted molar refractivity (Wildman–Crippen MR) is 105 cm³/mol. The lowest BCUT2D eigenvalue weighted by Crippen LogP contribution is -2.32. The Labute approximate surface area is 155 Å². The largest absolute Gasteiger partial charge is 0.350 e. The molecule has 1 amide bonds. The summed E-state index contributed by atoms with van der Waals surface area (Å²) < 4.78 is 27.6. The first-order chi connectivity index (χ1) is 12.2. The van der Waals surface area contributed by atoms with Crippen LogP contribution >= 0.6 is 0 Å². The molecule has 140 valence electrons. The Bertz CT molecular complexity index is 874. The van der Waals surface area contributed by atoms with Crippen molar-refractivity contribution in [3.63, 3.8) is 0 Å². The van der Waals surface area contributed by atoms with Gasteiger partial charge in [0.15, 0.2) is 0 Å². The van der Waals surface area contributed by atoms with Gasteiger partial charge in [-0.05, 0) is 63.1 Å². The van der Waals surface area contributed by atoms with E-state index in [1.807, 2.05) is 13.8 Å². The zero-order valence-electron chi connectivity index (χ0n) is 15.7. The highest BCUT2D eigenvalue weighted by Crippen LogP contribution is 2.21. The summed E-state index contributed by atoms with van der Waals surface area (Å²) in [5.41, 5.74) is 2.66. The molecule has 0 spiro atoms. The molecule has 0 aliphatic heterocycles. The first-order valence-electron chi connectivity index (χ1n) is 8.74. The Hall–Kier alpha value is -2.34. The van der Waals surface area contributed by atoms with E-state index in [-0.39, 0.29) is 16.8 Å². The molecule has 0 unspecified atom stereocenters. The first-order valence-corrected chi connectivity index (χ1v) is 10.2. The molecular formula is C20H26N2O3S. The number of carbonyl (C=O) groups is 1. The van der Waals surface area contributed by atoms with Crippen LogP contribution in [0.3, 0.4) is 0 Å². The molecule has 0 bridgehead atoms. The Balaban J connectivity index is 2.16. The minimum absolute atomic E-state index is 0.104. The molecule has 2 N–H and O–H groups in total. The zero-order valence-corrected chi connectivity index (χ0v) is 16.5. The van der Waals surface area contributed by atoms with Gasteiger partial charge in [-0.2, -0.15) is 0 Å². The van der Waals surface area contributed by atoms with Crippen LogP contribution in [-0.4, -0.2) is 20.4 Å². The van der Waals surface area contributed by atoms with Crippen LogP contribution in [0.4, 0.5) is 5.69 Å². The fourth-order valence-electron chi connectivity index (χ4n) is 2.65. The number of sulfonamides is 1. The Morgan fingerprint density at radius 2 is 1.73 bits per heavy atom. The molecule has 0 aromatic heterocycles. The van der Waals surface area contributed by atoms with Gasteiger partial charge < -0.3 is 5.32 Å². The second-order valence-corrected chi connectivity index (χ2v) is 8.29. The summed E-state index contributed by atoms with van der Waals surface area (Å²) in [5.74, 6) is -0.151. The summed E-state index contributed by atoms with van der Waals surface area (Å²) in [6, 6.07) is 11.7. The van der Waals surface area contributed by atoms with Crippen molar-refractivity contribution in [2.24, 2.45) is 0 Å². The van der Waals surface area contributed by atoms with Gasteiger partial charge in [0.2, 0.25) is 0 Å². The molecule has 0 aliphatic rings. The standard InChI is InChI=1S/C20H26N2O3S/c1-5-6-16(4)21-20(23)17-9-12-19(15(3)13-17)22-26(24,25)18-10-7-14(2)8-11-18/h7-13,16,22H,5-6H2,1-4H3,(H,21,23)/t16-/m1/s1. The van der Waals surface area contributed by atoms with Gasteiger partial charge in [0.25, 0.3) is 15.9 Å².